The van der Waals surface area contributed by atoms with Crippen LogP contribution in [0.4, 0.5) is 11.4 Å². The van der Waals surface area contributed by atoms with Crippen LogP contribution in [0.25, 0.3) is 0 Å². The lowest BCUT2D eigenvalue weighted by Gasteiger charge is -2.26. The van der Waals surface area contributed by atoms with Gasteiger partial charge in [0.2, 0.25) is 15.9 Å². The fourth-order valence-corrected chi connectivity index (χ4v) is 4.40. The summed E-state index contributed by atoms with van der Waals surface area (Å²) in [5.74, 6) is 0.668. The van der Waals surface area contributed by atoms with Crippen LogP contribution in [0.2, 0.25) is 0 Å². The number of benzene rings is 3. The molecule has 3 aromatic carbocycles. The van der Waals surface area contributed by atoms with Gasteiger partial charge >= 0.3 is 0 Å². The number of amides is 1. The number of ether oxygens (including phenoxy) is 1. The fraction of sp³-hybridized carbons (Fsp3) is 0.174. The van der Waals surface area contributed by atoms with Crippen molar-refractivity contribution in [3.63, 3.8) is 0 Å². The number of para-hydroxylation sites is 4. The van der Waals surface area contributed by atoms with Crippen molar-refractivity contribution >= 4 is 27.3 Å². The molecule has 0 atom stereocenters. The summed E-state index contributed by atoms with van der Waals surface area (Å²) in [5.41, 5.74) is 2.25. The summed E-state index contributed by atoms with van der Waals surface area (Å²) < 4.78 is 32.3. The quantitative estimate of drug-likeness (QED) is 0.605. The SMILES string of the molecule is CS(=O)(=O)N(CC(=O)N1CCc2ccccc21)c1ccccc1Oc1ccccc1. The van der Waals surface area contributed by atoms with E-state index in [1.54, 1.807) is 41.3 Å². The molecule has 1 amide bonds. The van der Waals surface area contributed by atoms with Crippen LogP contribution >= 0.6 is 0 Å². The molecular formula is C23H22N2O4S. The Morgan fingerprint density at radius 3 is 2.40 bits per heavy atom. The number of rotatable bonds is 6. The highest BCUT2D eigenvalue weighted by molar-refractivity contribution is 7.92. The largest absolute Gasteiger partial charge is 0.455 e. The molecule has 30 heavy (non-hydrogen) atoms. The van der Waals surface area contributed by atoms with E-state index in [2.05, 4.69) is 0 Å². The maximum atomic E-state index is 13.1. The van der Waals surface area contributed by atoms with Gasteiger partial charge in [0.05, 0.1) is 11.9 Å². The summed E-state index contributed by atoms with van der Waals surface area (Å²) >= 11 is 0. The molecule has 154 valence electrons. The molecule has 6 nitrogen and oxygen atoms in total. The molecule has 0 unspecified atom stereocenters. The van der Waals surface area contributed by atoms with Gasteiger partial charge in [-0.15, -0.1) is 0 Å². The number of hydrogen-bond acceptors (Lipinski definition) is 4. The highest BCUT2D eigenvalue weighted by Crippen LogP contribution is 2.34. The van der Waals surface area contributed by atoms with Crippen LogP contribution < -0.4 is 13.9 Å². The first kappa shape index (κ1) is 20.0. The molecule has 0 N–H and O–H groups in total. The second-order valence-corrected chi connectivity index (χ2v) is 8.98. The third-order valence-corrected chi connectivity index (χ3v) is 6.10. The van der Waals surface area contributed by atoms with E-state index in [0.717, 1.165) is 28.2 Å². The van der Waals surface area contributed by atoms with Gasteiger partial charge in [0.25, 0.3) is 0 Å². The second-order valence-electron chi connectivity index (χ2n) is 7.08. The van der Waals surface area contributed by atoms with Gasteiger partial charge < -0.3 is 9.64 Å². The number of hydrogen-bond donors (Lipinski definition) is 0. The third-order valence-electron chi connectivity index (χ3n) is 4.97. The number of sulfonamides is 1. The van der Waals surface area contributed by atoms with Crippen LogP contribution in [0.3, 0.4) is 0 Å². The lowest BCUT2D eigenvalue weighted by Crippen LogP contribution is -2.42. The summed E-state index contributed by atoms with van der Waals surface area (Å²) in [6.45, 7) is 0.236. The van der Waals surface area contributed by atoms with E-state index >= 15 is 0 Å². The van der Waals surface area contributed by atoms with Crippen LogP contribution in [-0.2, 0) is 21.2 Å². The molecule has 0 aromatic heterocycles. The Morgan fingerprint density at radius 2 is 1.63 bits per heavy atom. The van der Waals surface area contributed by atoms with Crippen LogP contribution in [0, 0.1) is 0 Å². The molecule has 1 heterocycles. The second kappa shape index (κ2) is 8.20. The maximum Gasteiger partial charge on any atom is 0.247 e. The first-order valence-corrected chi connectivity index (χ1v) is 11.5. The van der Waals surface area contributed by atoms with E-state index in [1.165, 1.54) is 0 Å². The van der Waals surface area contributed by atoms with Crippen molar-refractivity contribution in [2.75, 3.05) is 28.6 Å². The first-order chi connectivity index (χ1) is 14.4. The predicted octanol–water partition coefficient (Wildman–Crippen LogP) is 3.83. The van der Waals surface area contributed by atoms with Crippen molar-refractivity contribution in [2.24, 2.45) is 0 Å². The van der Waals surface area contributed by atoms with Crippen LogP contribution in [-0.4, -0.2) is 33.7 Å². The minimum absolute atomic E-state index is 0.278. The monoisotopic (exact) mass is 422 g/mol. The molecule has 0 spiro atoms. The van der Waals surface area contributed by atoms with E-state index in [-0.39, 0.29) is 12.5 Å². The normalized spacial score (nSPS) is 13.0. The Kier molecular flexibility index (Phi) is 5.46. The lowest BCUT2D eigenvalue weighted by atomic mass is 10.2. The van der Waals surface area contributed by atoms with E-state index in [4.69, 9.17) is 4.74 Å². The summed E-state index contributed by atoms with van der Waals surface area (Å²) in [4.78, 5) is 14.7. The predicted molar refractivity (Wildman–Crippen MR) is 118 cm³/mol. The van der Waals surface area contributed by atoms with Crippen molar-refractivity contribution in [3.8, 4) is 11.5 Å². The molecule has 3 aromatic rings. The minimum atomic E-state index is -3.73. The summed E-state index contributed by atoms with van der Waals surface area (Å²) in [7, 11) is -3.73. The standard InChI is InChI=1S/C23H22N2O4S/c1-30(27,28)25(17-23(26)24-16-15-18-9-5-6-12-20(18)24)21-13-7-8-14-22(21)29-19-10-3-2-4-11-19/h2-14H,15-17H2,1H3. The maximum absolute atomic E-state index is 13.1. The van der Waals surface area contributed by atoms with Gasteiger partial charge in [-0.3, -0.25) is 9.10 Å². The molecular weight excluding hydrogens is 400 g/mol. The minimum Gasteiger partial charge on any atom is -0.455 e. The summed E-state index contributed by atoms with van der Waals surface area (Å²) in [6.07, 6.45) is 1.85. The van der Waals surface area contributed by atoms with Crippen molar-refractivity contribution < 1.29 is 17.9 Å². The zero-order chi connectivity index (χ0) is 21.1. The smallest absolute Gasteiger partial charge is 0.247 e. The molecule has 7 heteroatoms. The van der Waals surface area contributed by atoms with E-state index in [1.807, 2.05) is 42.5 Å². The summed E-state index contributed by atoms with van der Waals surface area (Å²) in [5, 5.41) is 0. The zero-order valence-corrected chi connectivity index (χ0v) is 17.4. The number of fused-ring (bicyclic) bond motifs is 1. The number of carbonyl (C=O) groups excluding carboxylic acids is 1. The van der Waals surface area contributed by atoms with Gasteiger partial charge in [-0.2, -0.15) is 0 Å². The van der Waals surface area contributed by atoms with Crippen molar-refractivity contribution in [3.05, 3.63) is 84.4 Å². The lowest BCUT2D eigenvalue weighted by molar-refractivity contribution is -0.117. The molecule has 1 aliphatic heterocycles. The average molecular weight is 423 g/mol. The van der Waals surface area contributed by atoms with Crippen molar-refractivity contribution in [1.29, 1.82) is 0 Å². The average Bonchev–Trinajstić information content (AvgIpc) is 3.17. The number of carbonyl (C=O) groups is 1. The zero-order valence-electron chi connectivity index (χ0n) is 16.6. The van der Waals surface area contributed by atoms with Gasteiger partial charge in [-0.05, 0) is 42.3 Å². The van der Waals surface area contributed by atoms with Gasteiger partial charge in [0, 0.05) is 12.2 Å². The first-order valence-electron chi connectivity index (χ1n) is 9.61. The van der Waals surface area contributed by atoms with Gasteiger partial charge in [-0.1, -0.05) is 48.5 Å². The Labute approximate surface area is 176 Å². The Balaban J connectivity index is 1.64. The van der Waals surface area contributed by atoms with Crippen LogP contribution in [0.1, 0.15) is 5.56 Å². The molecule has 0 bridgehead atoms. The van der Waals surface area contributed by atoms with E-state index in [9.17, 15) is 13.2 Å². The molecule has 0 aliphatic carbocycles. The van der Waals surface area contributed by atoms with E-state index < -0.39 is 10.0 Å². The van der Waals surface area contributed by atoms with Gasteiger partial charge in [0.15, 0.2) is 5.75 Å². The number of anilines is 2. The Bertz CT molecular complexity index is 1160. The van der Waals surface area contributed by atoms with Gasteiger partial charge in [0.1, 0.15) is 12.3 Å². The number of nitrogens with zero attached hydrogens (tertiary/aromatic N) is 2. The van der Waals surface area contributed by atoms with Crippen LogP contribution in [0.15, 0.2) is 78.9 Å². The molecule has 0 saturated carbocycles. The van der Waals surface area contributed by atoms with Crippen molar-refractivity contribution in [1.82, 2.24) is 0 Å². The molecule has 0 saturated heterocycles. The summed E-state index contributed by atoms with van der Waals surface area (Å²) in [6, 6.07) is 23.6. The van der Waals surface area contributed by atoms with E-state index in [0.29, 0.717) is 23.7 Å². The molecule has 4 rings (SSSR count). The van der Waals surface area contributed by atoms with Gasteiger partial charge in [-0.25, -0.2) is 8.42 Å². The van der Waals surface area contributed by atoms with Crippen molar-refractivity contribution in [2.45, 2.75) is 6.42 Å². The highest BCUT2D eigenvalue weighted by Gasteiger charge is 2.30. The Hall–Kier alpha value is -3.32. The highest BCUT2D eigenvalue weighted by atomic mass is 32.2. The molecule has 0 fully saturated rings. The van der Waals surface area contributed by atoms with Crippen LogP contribution in [0.5, 0.6) is 11.5 Å². The topological polar surface area (TPSA) is 66.9 Å². The Morgan fingerprint density at radius 1 is 0.967 bits per heavy atom. The molecule has 1 aliphatic rings. The molecule has 0 radical (unpaired) electrons. The third kappa shape index (κ3) is 4.16. The fourth-order valence-electron chi connectivity index (χ4n) is 3.55.